The summed E-state index contributed by atoms with van der Waals surface area (Å²) in [4.78, 5) is 23.8. The fraction of sp³-hybridized carbons (Fsp3) is 0.393. The van der Waals surface area contributed by atoms with Crippen molar-refractivity contribution in [3.05, 3.63) is 59.7 Å². The highest BCUT2D eigenvalue weighted by Gasteiger charge is 2.23. The smallest absolute Gasteiger partial charge is 0.248 e. The fourth-order valence-corrected chi connectivity index (χ4v) is 4.54. The van der Waals surface area contributed by atoms with Gasteiger partial charge in [-0.15, -0.1) is 0 Å². The fourth-order valence-electron chi connectivity index (χ4n) is 4.36. The molecule has 200 valence electrons. The lowest BCUT2D eigenvalue weighted by atomic mass is 10.1. The van der Waals surface area contributed by atoms with Crippen LogP contribution in [-0.2, 0) is 9.53 Å². The topological polar surface area (TPSA) is 88.6 Å². The van der Waals surface area contributed by atoms with Gasteiger partial charge in [0.1, 0.15) is 23.7 Å². The highest BCUT2D eigenvalue weighted by molar-refractivity contribution is 6.31. The van der Waals surface area contributed by atoms with Crippen molar-refractivity contribution < 1.29 is 18.7 Å². The normalized spacial score (nSPS) is 17.4. The van der Waals surface area contributed by atoms with E-state index in [2.05, 4.69) is 25.5 Å². The summed E-state index contributed by atoms with van der Waals surface area (Å²) in [5.74, 6) is 1.38. The molecule has 38 heavy (non-hydrogen) atoms. The Morgan fingerprint density at radius 2 is 2.11 bits per heavy atom. The minimum absolute atomic E-state index is 0.00563. The van der Waals surface area contributed by atoms with Gasteiger partial charge >= 0.3 is 0 Å². The Labute approximate surface area is 226 Å². The van der Waals surface area contributed by atoms with Crippen LogP contribution in [0.15, 0.2) is 48.8 Å². The van der Waals surface area contributed by atoms with Gasteiger partial charge in [-0.1, -0.05) is 17.7 Å². The van der Waals surface area contributed by atoms with Gasteiger partial charge < -0.3 is 25.0 Å². The van der Waals surface area contributed by atoms with Gasteiger partial charge in [0.2, 0.25) is 5.91 Å². The average molecular weight is 540 g/mol. The zero-order valence-electron chi connectivity index (χ0n) is 21.3. The number of aromatic nitrogens is 2. The van der Waals surface area contributed by atoms with Gasteiger partial charge in [0.25, 0.3) is 0 Å². The Hall–Kier alpha value is -3.27. The molecule has 8 nitrogen and oxygen atoms in total. The number of benzene rings is 2. The minimum atomic E-state index is -0.501. The van der Waals surface area contributed by atoms with Crippen molar-refractivity contribution in [3.8, 4) is 5.75 Å². The molecule has 1 aliphatic heterocycles. The first-order chi connectivity index (χ1) is 18.4. The van der Waals surface area contributed by atoms with Crippen molar-refractivity contribution in [3.63, 3.8) is 0 Å². The molecule has 1 aliphatic carbocycles. The summed E-state index contributed by atoms with van der Waals surface area (Å²) in [5, 5.41) is 6.80. The predicted molar refractivity (Wildman–Crippen MR) is 147 cm³/mol. The first-order valence-electron chi connectivity index (χ1n) is 12.8. The molecule has 1 atom stereocenters. The summed E-state index contributed by atoms with van der Waals surface area (Å²) in [6.45, 7) is 3.81. The Kier molecular flexibility index (Phi) is 8.36. The monoisotopic (exact) mass is 539 g/mol. The molecule has 1 saturated heterocycles. The van der Waals surface area contributed by atoms with Gasteiger partial charge in [-0.05, 0) is 62.4 Å². The van der Waals surface area contributed by atoms with Gasteiger partial charge in [-0.25, -0.2) is 14.4 Å². The molecule has 0 radical (unpaired) electrons. The number of anilines is 3. The lowest BCUT2D eigenvalue weighted by Gasteiger charge is -2.18. The third kappa shape index (κ3) is 6.98. The maximum Gasteiger partial charge on any atom is 0.248 e. The van der Waals surface area contributed by atoms with Gasteiger partial charge in [0.05, 0.1) is 29.4 Å². The number of fused-ring (bicyclic) bond motifs is 1. The molecule has 1 saturated carbocycles. The van der Waals surface area contributed by atoms with Crippen LogP contribution in [0, 0.1) is 17.7 Å². The Balaban J connectivity index is 1.33. The number of nitrogens with one attached hydrogen (secondary N) is 2. The van der Waals surface area contributed by atoms with Gasteiger partial charge in [-0.2, -0.15) is 0 Å². The molecule has 1 unspecified atom stereocenters. The molecule has 2 heterocycles. The highest BCUT2D eigenvalue weighted by Crippen LogP contribution is 2.36. The SMILES string of the molecule is CN(C/C=C/C(=O)Nc1cc2c(Nc3ccc(F)c(Cl)c3)ncnc2cc1OCC1CC1)CC1CCOC1. The number of nitrogens with zero attached hydrogens (tertiary/aromatic N) is 3. The molecule has 0 spiro atoms. The van der Waals surface area contributed by atoms with Gasteiger partial charge in [0, 0.05) is 42.9 Å². The van der Waals surface area contributed by atoms with Crippen molar-refractivity contribution in [2.45, 2.75) is 19.3 Å². The number of hydrogen-bond acceptors (Lipinski definition) is 7. The van der Waals surface area contributed by atoms with Gasteiger partial charge in [0.15, 0.2) is 0 Å². The maximum atomic E-state index is 13.6. The molecular formula is C28H31ClFN5O3. The molecule has 1 aromatic heterocycles. The van der Waals surface area contributed by atoms with E-state index in [1.54, 1.807) is 18.2 Å². The van der Waals surface area contributed by atoms with E-state index >= 15 is 0 Å². The lowest BCUT2D eigenvalue weighted by molar-refractivity contribution is -0.111. The second-order valence-electron chi connectivity index (χ2n) is 9.94. The molecule has 2 aromatic carbocycles. The number of carbonyl (C=O) groups is 1. The lowest BCUT2D eigenvalue weighted by Crippen LogP contribution is -2.26. The summed E-state index contributed by atoms with van der Waals surface area (Å²) in [6, 6.07) is 7.95. The molecule has 10 heteroatoms. The molecule has 5 rings (SSSR count). The van der Waals surface area contributed by atoms with E-state index in [4.69, 9.17) is 21.1 Å². The second kappa shape index (κ2) is 12.1. The van der Waals surface area contributed by atoms with Crippen LogP contribution in [0.4, 0.5) is 21.6 Å². The number of ether oxygens (including phenoxy) is 2. The van der Waals surface area contributed by atoms with Crippen molar-refractivity contribution in [1.82, 2.24) is 14.9 Å². The minimum Gasteiger partial charge on any atom is -0.491 e. The van der Waals surface area contributed by atoms with Crippen molar-refractivity contribution >= 4 is 45.6 Å². The van der Waals surface area contributed by atoms with E-state index in [1.165, 1.54) is 24.5 Å². The predicted octanol–water partition coefficient (Wildman–Crippen LogP) is 5.42. The standard InChI is InChI=1S/C28H31ClFN5O3/c1-35(14-19-8-10-37-15-19)9-2-3-27(36)34-25-12-21-24(13-26(25)38-16-18-4-5-18)31-17-32-28(21)33-20-6-7-23(30)22(29)11-20/h2-3,6-7,11-13,17-19H,4-5,8-10,14-16H2,1H3,(H,34,36)(H,31,32,33)/b3-2+. The van der Waals surface area contributed by atoms with E-state index < -0.39 is 5.82 Å². The van der Waals surface area contributed by atoms with E-state index in [-0.39, 0.29) is 10.9 Å². The molecule has 2 fully saturated rings. The molecule has 0 bridgehead atoms. The summed E-state index contributed by atoms with van der Waals surface area (Å²) in [7, 11) is 2.04. The highest BCUT2D eigenvalue weighted by atomic mass is 35.5. The molecule has 2 N–H and O–H groups in total. The zero-order valence-corrected chi connectivity index (χ0v) is 22.0. The first kappa shape index (κ1) is 26.3. The number of likely N-dealkylation sites (N-methyl/N-ethyl adjacent to an activating group) is 1. The summed E-state index contributed by atoms with van der Waals surface area (Å²) < 4.78 is 25.1. The number of rotatable bonds is 11. The number of hydrogen-bond donors (Lipinski definition) is 2. The summed E-state index contributed by atoms with van der Waals surface area (Å²) in [5.41, 5.74) is 1.75. The maximum absolute atomic E-state index is 13.6. The van der Waals surface area contributed by atoms with Crippen LogP contribution in [0.25, 0.3) is 10.9 Å². The molecule has 1 amide bonds. The number of carbonyl (C=O) groups excluding carboxylic acids is 1. The largest absolute Gasteiger partial charge is 0.491 e. The van der Waals surface area contributed by atoms with Crippen molar-refractivity contribution in [2.24, 2.45) is 11.8 Å². The molecule has 2 aliphatic rings. The summed E-state index contributed by atoms with van der Waals surface area (Å²) in [6.07, 6.45) is 8.21. The Morgan fingerprint density at radius 3 is 2.87 bits per heavy atom. The first-order valence-corrected chi connectivity index (χ1v) is 13.2. The molecular weight excluding hydrogens is 509 g/mol. The van der Waals surface area contributed by atoms with E-state index in [1.807, 2.05) is 13.1 Å². The van der Waals surface area contributed by atoms with E-state index in [9.17, 15) is 9.18 Å². The molecule has 3 aromatic rings. The van der Waals surface area contributed by atoms with Crippen LogP contribution in [0.1, 0.15) is 19.3 Å². The van der Waals surface area contributed by atoms with Crippen LogP contribution in [-0.4, -0.2) is 60.7 Å². The van der Waals surface area contributed by atoms with Crippen LogP contribution in [0.3, 0.4) is 0 Å². The van der Waals surface area contributed by atoms with Crippen molar-refractivity contribution in [2.75, 3.05) is 50.6 Å². The van der Waals surface area contributed by atoms with Crippen LogP contribution < -0.4 is 15.4 Å². The van der Waals surface area contributed by atoms with Crippen LogP contribution >= 0.6 is 11.6 Å². The van der Waals surface area contributed by atoms with E-state index in [0.717, 1.165) is 39.0 Å². The average Bonchev–Trinajstić information content (AvgIpc) is 3.59. The zero-order chi connectivity index (χ0) is 26.5. The third-order valence-corrected chi connectivity index (χ3v) is 6.92. The number of halogens is 2. The van der Waals surface area contributed by atoms with Crippen LogP contribution in [0.5, 0.6) is 5.75 Å². The van der Waals surface area contributed by atoms with Crippen LogP contribution in [0.2, 0.25) is 5.02 Å². The Bertz CT molecular complexity index is 1330. The van der Waals surface area contributed by atoms with Crippen molar-refractivity contribution in [1.29, 1.82) is 0 Å². The van der Waals surface area contributed by atoms with E-state index in [0.29, 0.717) is 58.8 Å². The number of amides is 1. The van der Waals surface area contributed by atoms with Gasteiger partial charge in [-0.3, -0.25) is 4.79 Å². The Morgan fingerprint density at radius 1 is 1.24 bits per heavy atom. The summed E-state index contributed by atoms with van der Waals surface area (Å²) >= 11 is 5.94. The third-order valence-electron chi connectivity index (χ3n) is 6.63. The quantitative estimate of drug-likeness (QED) is 0.315. The second-order valence-corrected chi connectivity index (χ2v) is 10.3.